The molecule has 0 radical (unpaired) electrons. The Kier molecular flexibility index (Phi) is 6.36. The highest BCUT2D eigenvalue weighted by Gasteiger charge is 2.26. The van der Waals surface area contributed by atoms with Gasteiger partial charge >= 0.3 is 11.9 Å². The Balaban J connectivity index is 3.29. The molecule has 6 nitrogen and oxygen atoms in total. The first-order valence-corrected chi connectivity index (χ1v) is 7.42. The number of carbonyl (C=O) groups is 2. The second-order valence-electron chi connectivity index (χ2n) is 4.39. The molecule has 0 N–H and O–H groups in total. The van der Waals surface area contributed by atoms with Crippen molar-refractivity contribution in [3.63, 3.8) is 0 Å². The van der Waals surface area contributed by atoms with Crippen LogP contribution < -0.4 is 0 Å². The van der Waals surface area contributed by atoms with E-state index >= 15 is 0 Å². The summed E-state index contributed by atoms with van der Waals surface area (Å²) < 4.78 is 10.0. The van der Waals surface area contributed by atoms with Gasteiger partial charge in [-0.3, -0.25) is 0 Å². The molecule has 0 bridgehead atoms. The van der Waals surface area contributed by atoms with E-state index in [4.69, 9.17) is 9.47 Å². The number of aliphatic imine (C=N–C) groups is 1. The number of hydrogen-bond acceptors (Lipinski definition) is 6. The quantitative estimate of drug-likeness (QED) is 0.459. The molecule has 0 spiro atoms. The van der Waals surface area contributed by atoms with Gasteiger partial charge in [-0.1, -0.05) is 0 Å². The van der Waals surface area contributed by atoms with Gasteiger partial charge < -0.3 is 14.4 Å². The van der Waals surface area contributed by atoms with E-state index in [-0.39, 0.29) is 13.2 Å². The zero-order valence-corrected chi connectivity index (χ0v) is 13.7. The second-order valence-corrected chi connectivity index (χ2v) is 5.38. The van der Waals surface area contributed by atoms with E-state index in [2.05, 4.69) is 4.99 Å². The van der Waals surface area contributed by atoms with Gasteiger partial charge in [0.2, 0.25) is 0 Å². The maximum atomic E-state index is 12.1. The van der Waals surface area contributed by atoms with Crippen molar-refractivity contribution in [3.8, 4) is 0 Å². The maximum absolute atomic E-state index is 12.1. The highest BCUT2D eigenvalue weighted by Crippen LogP contribution is 2.36. The first-order valence-electron chi connectivity index (χ1n) is 6.60. The van der Waals surface area contributed by atoms with E-state index in [0.29, 0.717) is 21.0 Å². The van der Waals surface area contributed by atoms with E-state index < -0.39 is 11.9 Å². The number of ether oxygens (including phenoxy) is 2. The van der Waals surface area contributed by atoms with E-state index in [0.717, 1.165) is 11.3 Å². The highest BCUT2D eigenvalue weighted by atomic mass is 32.1. The van der Waals surface area contributed by atoms with Crippen LogP contribution in [0.2, 0.25) is 0 Å². The molecule has 0 aliphatic carbocycles. The SMILES string of the molecule is CCOC(=O)c1sc(N=CN(C)C)c(C(=O)OCC)c1C. The molecule has 0 aromatic carbocycles. The summed E-state index contributed by atoms with van der Waals surface area (Å²) in [5, 5.41) is 0.447. The second kappa shape index (κ2) is 7.78. The molecule has 0 saturated heterocycles. The lowest BCUT2D eigenvalue weighted by Gasteiger charge is -2.04. The molecule has 0 fully saturated rings. The van der Waals surface area contributed by atoms with Gasteiger partial charge in [0.15, 0.2) is 0 Å². The predicted octanol–water partition coefficient (Wildman–Crippen LogP) is 2.63. The Labute approximate surface area is 128 Å². The first-order chi connectivity index (χ1) is 9.92. The maximum Gasteiger partial charge on any atom is 0.348 e. The Morgan fingerprint density at radius 2 is 1.76 bits per heavy atom. The molecule has 1 rings (SSSR count). The fourth-order valence-corrected chi connectivity index (χ4v) is 2.62. The Morgan fingerprint density at radius 3 is 2.29 bits per heavy atom. The van der Waals surface area contributed by atoms with Gasteiger partial charge in [0, 0.05) is 14.1 Å². The lowest BCUT2D eigenvalue weighted by molar-refractivity contribution is 0.0527. The average molecular weight is 312 g/mol. The fourth-order valence-electron chi connectivity index (χ4n) is 1.59. The third-order valence-electron chi connectivity index (χ3n) is 2.47. The van der Waals surface area contributed by atoms with Crippen LogP contribution in [0, 0.1) is 6.92 Å². The zero-order chi connectivity index (χ0) is 16.0. The summed E-state index contributed by atoms with van der Waals surface area (Å²) >= 11 is 1.13. The number of hydrogen-bond donors (Lipinski definition) is 0. The van der Waals surface area contributed by atoms with E-state index in [1.54, 1.807) is 32.0 Å². The van der Waals surface area contributed by atoms with Gasteiger partial charge in [0.1, 0.15) is 15.4 Å². The summed E-state index contributed by atoms with van der Waals surface area (Å²) in [6.45, 7) is 5.71. The summed E-state index contributed by atoms with van der Waals surface area (Å²) in [7, 11) is 3.64. The zero-order valence-electron chi connectivity index (χ0n) is 12.9. The molecule has 0 aliphatic heterocycles. The van der Waals surface area contributed by atoms with Crippen molar-refractivity contribution in [2.24, 2.45) is 4.99 Å². The molecule has 0 atom stereocenters. The molecule has 1 aromatic rings. The molecule has 0 amide bonds. The summed E-state index contributed by atoms with van der Waals surface area (Å²) in [6, 6.07) is 0. The van der Waals surface area contributed by atoms with Crippen molar-refractivity contribution in [1.82, 2.24) is 4.90 Å². The average Bonchev–Trinajstić information content (AvgIpc) is 2.74. The lowest BCUT2D eigenvalue weighted by atomic mass is 10.1. The number of thiophene rings is 1. The van der Waals surface area contributed by atoms with Crippen molar-refractivity contribution < 1.29 is 19.1 Å². The Hall–Kier alpha value is -1.89. The molecular weight excluding hydrogens is 292 g/mol. The van der Waals surface area contributed by atoms with E-state index in [1.807, 2.05) is 14.1 Å². The van der Waals surface area contributed by atoms with Gasteiger partial charge in [0.25, 0.3) is 0 Å². The van der Waals surface area contributed by atoms with Gasteiger partial charge in [-0.2, -0.15) is 0 Å². The minimum atomic E-state index is -0.479. The van der Waals surface area contributed by atoms with Gasteiger partial charge in [0.05, 0.1) is 19.6 Å². The number of rotatable bonds is 6. The third-order valence-corrected chi connectivity index (χ3v) is 3.65. The molecule has 0 unspecified atom stereocenters. The minimum Gasteiger partial charge on any atom is -0.462 e. The van der Waals surface area contributed by atoms with Crippen LogP contribution in [-0.2, 0) is 9.47 Å². The number of nitrogens with zero attached hydrogens (tertiary/aromatic N) is 2. The van der Waals surface area contributed by atoms with Crippen molar-refractivity contribution >= 4 is 34.6 Å². The largest absolute Gasteiger partial charge is 0.462 e. The molecule has 1 aromatic heterocycles. The summed E-state index contributed by atoms with van der Waals surface area (Å²) in [4.78, 5) is 30.4. The molecule has 1 heterocycles. The molecular formula is C14H20N2O4S. The van der Waals surface area contributed by atoms with Gasteiger partial charge in [-0.05, 0) is 26.3 Å². The third kappa shape index (κ3) is 4.29. The normalized spacial score (nSPS) is 10.7. The van der Waals surface area contributed by atoms with Crippen molar-refractivity contribution in [3.05, 3.63) is 16.0 Å². The first kappa shape index (κ1) is 17.2. The van der Waals surface area contributed by atoms with Crippen LogP contribution in [-0.4, -0.2) is 50.5 Å². The number of carbonyl (C=O) groups excluding carboxylic acids is 2. The monoisotopic (exact) mass is 312 g/mol. The Bertz CT molecular complexity index is 549. The molecule has 0 aliphatic rings. The van der Waals surface area contributed by atoms with Crippen LogP contribution in [0.15, 0.2) is 4.99 Å². The Morgan fingerprint density at radius 1 is 1.19 bits per heavy atom. The smallest absolute Gasteiger partial charge is 0.348 e. The van der Waals surface area contributed by atoms with Crippen molar-refractivity contribution in [2.45, 2.75) is 20.8 Å². The van der Waals surface area contributed by atoms with Crippen LogP contribution in [0.25, 0.3) is 0 Å². The molecule has 7 heteroatoms. The lowest BCUT2D eigenvalue weighted by Crippen LogP contribution is -2.09. The fraction of sp³-hybridized carbons (Fsp3) is 0.500. The standard InChI is InChI=1S/C14H20N2O4S/c1-6-19-13(17)10-9(3)11(14(18)20-7-2)21-12(10)15-8-16(4)5/h8H,6-7H2,1-5H3. The topological polar surface area (TPSA) is 68.2 Å². The van der Waals surface area contributed by atoms with Crippen LogP contribution in [0.4, 0.5) is 5.00 Å². The van der Waals surface area contributed by atoms with Crippen LogP contribution in [0.3, 0.4) is 0 Å². The van der Waals surface area contributed by atoms with Crippen LogP contribution in [0.5, 0.6) is 0 Å². The number of esters is 2. The van der Waals surface area contributed by atoms with E-state index in [9.17, 15) is 9.59 Å². The molecule has 0 saturated carbocycles. The highest BCUT2D eigenvalue weighted by molar-refractivity contribution is 7.18. The predicted molar refractivity (Wildman–Crippen MR) is 82.8 cm³/mol. The van der Waals surface area contributed by atoms with Crippen LogP contribution >= 0.6 is 11.3 Å². The molecule has 116 valence electrons. The summed E-state index contributed by atoms with van der Waals surface area (Å²) in [5.41, 5.74) is 0.866. The summed E-state index contributed by atoms with van der Waals surface area (Å²) in [5.74, 6) is -0.926. The van der Waals surface area contributed by atoms with Crippen molar-refractivity contribution in [2.75, 3.05) is 27.3 Å². The minimum absolute atomic E-state index is 0.264. The van der Waals surface area contributed by atoms with Gasteiger partial charge in [-0.15, -0.1) is 11.3 Å². The van der Waals surface area contributed by atoms with Gasteiger partial charge in [-0.25, -0.2) is 14.6 Å². The summed E-state index contributed by atoms with van der Waals surface area (Å²) in [6.07, 6.45) is 1.57. The molecule has 21 heavy (non-hydrogen) atoms. The van der Waals surface area contributed by atoms with Crippen LogP contribution in [0.1, 0.15) is 39.4 Å². The van der Waals surface area contributed by atoms with E-state index in [1.165, 1.54) is 0 Å². The van der Waals surface area contributed by atoms with Crippen molar-refractivity contribution in [1.29, 1.82) is 0 Å².